The van der Waals surface area contributed by atoms with E-state index in [1.165, 1.54) is 7.11 Å². The summed E-state index contributed by atoms with van der Waals surface area (Å²) in [5, 5.41) is 11.6. The molecule has 0 saturated carbocycles. The van der Waals surface area contributed by atoms with E-state index in [1.54, 1.807) is 23.2 Å². The zero-order valence-corrected chi connectivity index (χ0v) is 20.1. The molecule has 36 heavy (non-hydrogen) atoms. The predicted molar refractivity (Wildman–Crippen MR) is 137 cm³/mol. The third-order valence-electron chi connectivity index (χ3n) is 6.52. The van der Waals surface area contributed by atoms with Gasteiger partial charge in [-0.1, -0.05) is 66.7 Å². The van der Waals surface area contributed by atoms with Crippen LogP contribution in [0.5, 0.6) is 11.6 Å². The lowest BCUT2D eigenvalue weighted by Gasteiger charge is -2.25. The molecule has 182 valence electrons. The second-order valence-electron chi connectivity index (χ2n) is 8.75. The van der Waals surface area contributed by atoms with Gasteiger partial charge in [0.25, 0.3) is 5.91 Å². The van der Waals surface area contributed by atoms with Crippen LogP contribution < -0.4 is 9.47 Å². The number of carbonyl (C=O) groups excluding carboxylic acids is 1. The number of amides is 1. The molecule has 3 aromatic carbocycles. The van der Waals surface area contributed by atoms with Gasteiger partial charge < -0.3 is 19.5 Å². The summed E-state index contributed by atoms with van der Waals surface area (Å²) < 4.78 is 11.3. The Morgan fingerprint density at radius 2 is 1.64 bits per heavy atom. The number of carbonyl (C=O) groups is 1. The fraction of sp³-hybridized carbons (Fsp3) is 0.200. The van der Waals surface area contributed by atoms with Crippen LogP contribution in [0, 0.1) is 0 Å². The number of aliphatic hydroxyl groups excluding tert-OH is 1. The molecule has 4 aromatic rings. The van der Waals surface area contributed by atoms with Crippen molar-refractivity contribution in [3.8, 4) is 11.6 Å². The van der Waals surface area contributed by atoms with Gasteiger partial charge in [-0.25, -0.2) is 4.98 Å². The molecule has 6 heteroatoms. The quantitative estimate of drug-likeness (QED) is 0.421. The van der Waals surface area contributed by atoms with Gasteiger partial charge in [0.2, 0.25) is 5.88 Å². The summed E-state index contributed by atoms with van der Waals surface area (Å²) in [5.41, 5.74) is 4.09. The molecule has 1 aliphatic rings. The number of aliphatic hydroxyl groups is 1. The van der Waals surface area contributed by atoms with E-state index >= 15 is 0 Å². The van der Waals surface area contributed by atoms with Crippen molar-refractivity contribution in [3.05, 3.63) is 125 Å². The van der Waals surface area contributed by atoms with E-state index in [1.807, 2.05) is 78.9 Å². The van der Waals surface area contributed by atoms with Gasteiger partial charge in [-0.15, -0.1) is 0 Å². The smallest absolute Gasteiger partial charge is 0.259 e. The highest BCUT2D eigenvalue weighted by molar-refractivity contribution is 5.96. The van der Waals surface area contributed by atoms with E-state index in [0.29, 0.717) is 31.1 Å². The zero-order valence-electron chi connectivity index (χ0n) is 20.1. The van der Waals surface area contributed by atoms with Gasteiger partial charge in [0, 0.05) is 24.2 Å². The number of nitrogens with zero attached hydrogens (tertiary/aromatic N) is 2. The molecule has 0 bridgehead atoms. The van der Waals surface area contributed by atoms with Crippen LogP contribution in [0.1, 0.15) is 44.6 Å². The van der Waals surface area contributed by atoms with E-state index in [4.69, 9.17) is 9.47 Å². The lowest BCUT2D eigenvalue weighted by Crippen LogP contribution is -2.32. The normalized spacial score (nSPS) is 13.9. The average molecular weight is 481 g/mol. The topological polar surface area (TPSA) is 71.9 Å². The maximum absolute atomic E-state index is 13.3. The van der Waals surface area contributed by atoms with E-state index in [0.717, 1.165) is 28.0 Å². The molecular formula is C30H28N2O4. The number of hydrogen-bond acceptors (Lipinski definition) is 5. The van der Waals surface area contributed by atoms with Gasteiger partial charge in [-0.3, -0.25) is 4.79 Å². The van der Waals surface area contributed by atoms with E-state index < -0.39 is 6.10 Å². The molecule has 0 fully saturated rings. The van der Waals surface area contributed by atoms with Crippen LogP contribution in [-0.2, 0) is 6.54 Å². The summed E-state index contributed by atoms with van der Waals surface area (Å²) in [5.74, 6) is 0.601. The number of rotatable bonds is 6. The molecule has 1 atom stereocenters. The predicted octanol–water partition coefficient (Wildman–Crippen LogP) is 4.99. The average Bonchev–Trinajstić information content (AvgIpc) is 3.16. The third-order valence-corrected chi connectivity index (χ3v) is 6.52. The maximum Gasteiger partial charge on any atom is 0.259 e. The third kappa shape index (κ3) is 4.81. The van der Waals surface area contributed by atoms with E-state index in [-0.39, 0.29) is 11.8 Å². The van der Waals surface area contributed by atoms with Crippen molar-refractivity contribution < 1.29 is 19.4 Å². The van der Waals surface area contributed by atoms with Crippen LogP contribution in [-0.4, -0.2) is 41.2 Å². The summed E-state index contributed by atoms with van der Waals surface area (Å²) in [6, 6.07) is 29.2. The number of fused-ring (bicyclic) bond motifs is 1. The van der Waals surface area contributed by atoms with E-state index in [2.05, 4.69) is 4.98 Å². The van der Waals surface area contributed by atoms with Gasteiger partial charge in [0.15, 0.2) is 0 Å². The van der Waals surface area contributed by atoms with Gasteiger partial charge in [-0.05, 0) is 41.0 Å². The molecule has 2 heterocycles. The minimum atomic E-state index is -0.786. The van der Waals surface area contributed by atoms with Crippen LogP contribution in [0.15, 0.2) is 97.2 Å². The van der Waals surface area contributed by atoms with Crippen molar-refractivity contribution in [1.29, 1.82) is 0 Å². The highest BCUT2D eigenvalue weighted by atomic mass is 16.5. The van der Waals surface area contributed by atoms with Crippen molar-refractivity contribution in [2.45, 2.75) is 18.6 Å². The molecular weight excluding hydrogens is 452 g/mol. The highest BCUT2D eigenvalue weighted by Gasteiger charge is 2.28. The first-order valence-corrected chi connectivity index (χ1v) is 12.0. The highest BCUT2D eigenvalue weighted by Crippen LogP contribution is 2.38. The minimum Gasteiger partial charge on any atom is -0.491 e. The Bertz CT molecular complexity index is 1290. The van der Waals surface area contributed by atoms with Gasteiger partial charge >= 0.3 is 0 Å². The number of hydrogen-bond donors (Lipinski definition) is 1. The number of ether oxygens (including phenoxy) is 2. The Morgan fingerprint density at radius 1 is 0.944 bits per heavy atom. The van der Waals surface area contributed by atoms with Crippen LogP contribution in [0.2, 0.25) is 0 Å². The largest absolute Gasteiger partial charge is 0.491 e. The number of aromatic nitrogens is 1. The monoisotopic (exact) mass is 480 g/mol. The summed E-state index contributed by atoms with van der Waals surface area (Å²) in [6.07, 6.45) is 0.811. The van der Waals surface area contributed by atoms with Crippen LogP contribution >= 0.6 is 0 Å². The summed E-state index contributed by atoms with van der Waals surface area (Å²) in [6.45, 7) is 1.16. The van der Waals surface area contributed by atoms with Crippen LogP contribution in [0.3, 0.4) is 0 Å². The molecule has 0 unspecified atom stereocenters. The van der Waals surface area contributed by atoms with Crippen molar-refractivity contribution in [3.63, 3.8) is 0 Å². The molecule has 1 aliphatic heterocycles. The minimum absolute atomic E-state index is 0.172. The van der Waals surface area contributed by atoms with Crippen molar-refractivity contribution in [1.82, 2.24) is 9.88 Å². The van der Waals surface area contributed by atoms with Crippen molar-refractivity contribution in [2.24, 2.45) is 0 Å². The second-order valence-corrected chi connectivity index (χ2v) is 8.75. The maximum atomic E-state index is 13.3. The van der Waals surface area contributed by atoms with E-state index in [9.17, 15) is 9.90 Å². The Labute approximate surface area is 210 Å². The SMILES string of the molecule is COc1ncccc1C(=O)N1CCOc2ccc([C@@H](O)C(c3ccccc3)c3ccccc3)cc2C1. The number of pyridine rings is 1. The molecule has 1 amide bonds. The zero-order chi connectivity index (χ0) is 24.9. The van der Waals surface area contributed by atoms with Gasteiger partial charge in [0.05, 0.1) is 19.8 Å². The van der Waals surface area contributed by atoms with Gasteiger partial charge in [-0.2, -0.15) is 0 Å². The summed E-state index contributed by atoms with van der Waals surface area (Å²) >= 11 is 0. The standard InChI is InChI=1S/C30H28N2O4/c1-35-29-25(13-8-16-31-29)30(34)32-17-18-36-26-15-14-23(19-24(26)20-32)28(33)27(21-9-4-2-5-10-21)22-11-6-3-7-12-22/h2-16,19,27-28,33H,17-18,20H2,1H3/t28-/m1/s1. The molecule has 1 N–H and O–H groups in total. The molecule has 0 saturated heterocycles. The lowest BCUT2D eigenvalue weighted by atomic mass is 9.83. The first kappa shape index (κ1) is 23.6. The summed E-state index contributed by atoms with van der Waals surface area (Å²) in [7, 11) is 1.50. The van der Waals surface area contributed by atoms with Crippen molar-refractivity contribution in [2.75, 3.05) is 20.3 Å². The van der Waals surface area contributed by atoms with Gasteiger partial charge in [0.1, 0.15) is 17.9 Å². The van der Waals surface area contributed by atoms with Crippen molar-refractivity contribution >= 4 is 5.91 Å². The Morgan fingerprint density at radius 3 is 2.31 bits per heavy atom. The molecule has 6 nitrogen and oxygen atoms in total. The molecule has 0 spiro atoms. The first-order valence-electron chi connectivity index (χ1n) is 12.0. The second kappa shape index (κ2) is 10.6. The molecule has 0 radical (unpaired) electrons. The Kier molecular flexibility index (Phi) is 6.96. The van der Waals surface area contributed by atoms with Crippen LogP contribution in [0.25, 0.3) is 0 Å². The first-order chi connectivity index (χ1) is 17.7. The molecule has 0 aliphatic carbocycles. The fourth-order valence-electron chi connectivity index (χ4n) is 4.73. The number of benzene rings is 3. The van der Waals surface area contributed by atoms with Crippen LogP contribution in [0.4, 0.5) is 0 Å². The molecule has 1 aromatic heterocycles. The fourth-order valence-corrected chi connectivity index (χ4v) is 4.73. The Balaban J connectivity index is 1.47. The number of methoxy groups -OCH3 is 1. The molecule has 5 rings (SSSR count). The summed E-state index contributed by atoms with van der Waals surface area (Å²) in [4.78, 5) is 19.2. The Hall–Kier alpha value is -4.16. The lowest BCUT2D eigenvalue weighted by molar-refractivity contribution is 0.0729.